The predicted octanol–water partition coefficient (Wildman–Crippen LogP) is 6.48. The number of hydrogen-bond acceptors (Lipinski definition) is 5. The lowest BCUT2D eigenvalue weighted by Gasteiger charge is -2.36. The molecule has 0 radical (unpaired) electrons. The van der Waals surface area contributed by atoms with Gasteiger partial charge in [0.25, 0.3) is 5.91 Å². The average molecular weight is 555 g/mol. The summed E-state index contributed by atoms with van der Waals surface area (Å²) < 4.78 is 6.36. The highest BCUT2D eigenvalue weighted by molar-refractivity contribution is 6.74. The van der Waals surface area contributed by atoms with Crippen molar-refractivity contribution in [1.29, 1.82) is 0 Å². The largest absolute Gasteiger partial charge is 0.413 e. The molecular weight excluding hydrogens is 508 g/mol. The number of carbonyl (C=O) groups excluding carboxylic acids is 3. The summed E-state index contributed by atoms with van der Waals surface area (Å²) in [6, 6.07) is 12.7. The number of anilines is 3. The number of rotatable bonds is 11. The SMILES string of the molecule is CC(=O)Nc1cc(CO[Si](C)(C)C(C)(C)C)cc(NC(=O)c2cccc(NC(=O)CN(C(C)C)C(C)C)c2)c1. The standard InChI is InChI=1S/C30H46N4O4Si/c1-20(2)34(21(3)4)18-28(36)32-25-13-11-12-24(16-25)29(37)33-27-15-23(14-26(17-27)31-22(5)35)19-38-39(9,10)30(6,7)8/h11-17,20-21H,18-19H2,1-10H3,(H,31,35)(H,32,36)(H,33,37). The molecule has 3 N–H and O–H groups in total. The van der Waals surface area contributed by atoms with Crippen LogP contribution in [-0.2, 0) is 20.6 Å². The van der Waals surface area contributed by atoms with Gasteiger partial charge in [-0.1, -0.05) is 26.8 Å². The van der Waals surface area contributed by atoms with Crippen molar-refractivity contribution < 1.29 is 18.8 Å². The second-order valence-electron chi connectivity index (χ2n) is 12.1. The van der Waals surface area contributed by atoms with E-state index in [1.807, 2.05) is 12.1 Å². The van der Waals surface area contributed by atoms with Gasteiger partial charge in [0.1, 0.15) is 0 Å². The smallest absolute Gasteiger partial charge is 0.255 e. The molecular formula is C30H46N4O4Si. The number of carbonyl (C=O) groups is 3. The second-order valence-corrected chi connectivity index (χ2v) is 16.9. The lowest BCUT2D eigenvalue weighted by Crippen LogP contribution is -2.42. The van der Waals surface area contributed by atoms with Crippen LogP contribution in [0.4, 0.5) is 17.1 Å². The van der Waals surface area contributed by atoms with Gasteiger partial charge >= 0.3 is 0 Å². The van der Waals surface area contributed by atoms with Crippen LogP contribution >= 0.6 is 0 Å². The summed E-state index contributed by atoms with van der Waals surface area (Å²) in [5, 5.41) is 8.69. The first-order chi connectivity index (χ1) is 18.0. The van der Waals surface area contributed by atoms with Gasteiger partial charge in [-0.05, 0) is 87.8 Å². The van der Waals surface area contributed by atoms with Gasteiger partial charge in [-0.25, -0.2) is 0 Å². The van der Waals surface area contributed by atoms with E-state index in [9.17, 15) is 14.4 Å². The third-order valence-electron chi connectivity index (χ3n) is 7.04. The number of benzene rings is 2. The maximum Gasteiger partial charge on any atom is 0.255 e. The molecule has 2 rings (SSSR count). The average Bonchev–Trinajstić information content (AvgIpc) is 2.79. The van der Waals surface area contributed by atoms with Crippen LogP contribution in [0.3, 0.4) is 0 Å². The summed E-state index contributed by atoms with van der Waals surface area (Å²) in [5.41, 5.74) is 2.92. The van der Waals surface area contributed by atoms with E-state index in [-0.39, 0.29) is 41.4 Å². The Morgan fingerprint density at radius 3 is 2.00 bits per heavy atom. The molecule has 0 aliphatic heterocycles. The predicted molar refractivity (Wildman–Crippen MR) is 163 cm³/mol. The highest BCUT2D eigenvalue weighted by Crippen LogP contribution is 2.37. The Hall–Kier alpha value is -3.01. The van der Waals surface area contributed by atoms with Crippen molar-refractivity contribution in [2.45, 2.75) is 92.2 Å². The van der Waals surface area contributed by atoms with E-state index in [2.05, 4.69) is 82.4 Å². The molecule has 0 saturated heterocycles. The maximum atomic E-state index is 13.2. The number of nitrogens with zero attached hydrogens (tertiary/aromatic N) is 1. The lowest BCUT2D eigenvalue weighted by atomic mass is 10.1. The third kappa shape index (κ3) is 9.91. The van der Waals surface area contributed by atoms with Crippen molar-refractivity contribution in [3.8, 4) is 0 Å². The molecule has 0 unspecified atom stereocenters. The Labute approximate surface area is 235 Å². The van der Waals surface area contributed by atoms with Gasteiger partial charge in [0.2, 0.25) is 11.8 Å². The van der Waals surface area contributed by atoms with E-state index in [1.54, 1.807) is 30.3 Å². The van der Waals surface area contributed by atoms with Gasteiger partial charge in [0.15, 0.2) is 8.32 Å². The van der Waals surface area contributed by atoms with Crippen molar-refractivity contribution in [3.05, 3.63) is 53.6 Å². The van der Waals surface area contributed by atoms with Gasteiger partial charge in [-0.2, -0.15) is 0 Å². The maximum absolute atomic E-state index is 13.2. The fourth-order valence-electron chi connectivity index (χ4n) is 3.87. The Morgan fingerprint density at radius 1 is 0.872 bits per heavy atom. The Kier molecular flexibility index (Phi) is 11.0. The molecule has 0 aliphatic carbocycles. The van der Waals surface area contributed by atoms with Crippen molar-refractivity contribution in [1.82, 2.24) is 4.90 Å². The zero-order valence-corrected chi connectivity index (χ0v) is 26.2. The molecule has 0 spiro atoms. The number of nitrogens with one attached hydrogen (secondary N) is 3. The first kappa shape index (κ1) is 32.2. The fourth-order valence-corrected chi connectivity index (χ4v) is 4.83. The van der Waals surface area contributed by atoms with Crippen molar-refractivity contribution >= 4 is 43.1 Å². The number of amides is 3. The van der Waals surface area contributed by atoms with Crippen molar-refractivity contribution in [2.75, 3.05) is 22.5 Å². The fraction of sp³-hybridized carbons (Fsp3) is 0.500. The van der Waals surface area contributed by atoms with Crippen LogP contribution in [0, 0.1) is 0 Å². The Bertz CT molecular complexity index is 1160. The molecule has 0 atom stereocenters. The normalized spacial score (nSPS) is 12.1. The van der Waals surface area contributed by atoms with E-state index in [1.165, 1.54) is 6.92 Å². The summed E-state index contributed by atoms with van der Waals surface area (Å²) in [6.07, 6.45) is 0. The summed E-state index contributed by atoms with van der Waals surface area (Å²) in [7, 11) is -1.99. The zero-order chi connectivity index (χ0) is 29.5. The Morgan fingerprint density at radius 2 is 1.46 bits per heavy atom. The Balaban J connectivity index is 2.20. The van der Waals surface area contributed by atoms with Gasteiger partial charge in [0, 0.05) is 41.6 Å². The summed E-state index contributed by atoms with van der Waals surface area (Å²) in [6.45, 7) is 21.2. The molecule has 0 heterocycles. The van der Waals surface area contributed by atoms with E-state index in [0.717, 1.165) is 5.56 Å². The first-order valence-corrected chi connectivity index (χ1v) is 16.4. The lowest BCUT2D eigenvalue weighted by molar-refractivity contribution is -0.118. The van der Waals surface area contributed by atoms with Gasteiger partial charge < -0.3 is 20.4 Å². The summed E-state index contributed by atoms with van der Waals surface area (Å²) >= 11 is 0. The van der Waals surface area contributed by atoms with Crippen LogP contribution in [-0.4, -0.2) is 49.6 Å². The van der Waals surface area contributed by atoms with E-state index in [0.29, 0.717) is 29.2 Å². The number of hydrogen-bond donors (Lipinski definition) is 3. The van der Waals surface area contributed by atoms with Crippen LogP contribution in [0.1, 0.15) is 71.3 Å². The molecule has 0 aliphatic rings. The molecule has 0 bridgehead atoms. The molecule has 39 heavy (non-hydrogen) atoms. The molecule has 214 valence electrons. The minimum Gasteiger partial charge on any atom is -0.413 e. The minimum atomic E-state index is -1.99. The molecule has 3 amide bonds. The van der Waals surface area contributed by atoms with Crippen LogP contribution in [0.5, 0.6) is 0 Å². The van der Waals surface area contributed by atoms with E-state index in [4.69, 9.17) is 4.43 Å². The van der Waals surface area contributed by atoms with Crippen molar-refractivity contribution in [2.24, 2.45) is 0 Å². The second kappa shape index (κ2) is 13.4. The van der Waals surface area contributed by atoms with Crippen molar-refractivity contribution in [3.63, 3.8) is 0 Å². The van der Waals surface area contributed by atoms with Crippen LogP contribution in [0.25, 0.3) is 0 Å². The topological polar surface area (TPSA) is 99.8 Å². The van der Waals surface area contributed by atoms with Crippen LogP contribution < -0.4 is 16.0 Å². The van der Waals surface area contributed by atoms with E-state index < -0.39 is 8.32 Å². The molecule has 2 aromatic rings. The van der Waals surface area contributed by atoms with Crippen LogP contribution in [0.15, 0.2) is 42.5 Å². The van der Waals surface area contributed by atoms with Gasteiger partial charge in [-0.15, -0.1) is 0 Å². The highest BCUT2D eigenvalue weighted by atomic mass is 28.4. The molecule has 8 nitrogen and oxygen atoms in total. The minimum absolute atomic E-state index is 0.0571. The van der Waals surface area contributed by atoms with Gasteiger partial charge in [0.05, 0.1) is 13.2 Å². The molecule has 2 aromatic carbocycles. The van der Waals surface area contributed by atoms with Gasteiger partial charge in [-0.3, -0.25) is 19.3 Å². The molecule has 0 saturated carbocycles. The summed E-state index contributed by atoms with van der Waals surface area (Å²) in [5.74, 6) is -0.663. The van der Waals surface area contributed by atoms with E-state index >= 15 is 0 Å². The molecule has 9 heteroatoms. The highest BCUT2D eigenvalue weighted by Gasteiger charge is 2.37. The first-order valence-electron chi connectivity index (χ1n) is 13.5. The monoisotopic (exact) mass is 554 g/mol. The molecule has 0 fully saturated rings. The van der Waals surface area contributed by atoms with Crippen LogP contribution in [0.2, 0.25) is 18.1 Å². The zero-order valence-electron chi connectivity index (χ0n) is 25.2. The summed E-state index contributed by atoms with van der Waals surface area (Å²) in [4.78, 5) is 39.7. The molecule has 0 aromatic heterocycles. The third-order valence-corrected chi connectivity index (χ3v) is 11.5. The quantitative estimate of drug-likeness (QED) is 0.276.